The molecule has 0 radical (unpaired) electrons. The molecule has 1 nitrogen and oxygen atoms in total. The van der Waals surface area contributed by atoms with E-state index in [1.54, 1.807) is 0 Å². The first-order valence-electron chi connectivity index (χ1n) is 6.14. The van der Waals surface area contributed by atoms with Crippen LogP contribution in [0, 0.1) is 17.3 Å². The molecule has 0 bridgehead atoms. The van der Waals surface area contributed by atoms with Crippen molar-refractivity contribution < 1.29 is 0 Å². The first kappa shape index (κ1) is 14.0. The summed E-state index contributed by atoms with van der Waals surface area (Å²) in [4.78, 5) is 0. The summed E-state index contributed by atoms with van der Waals surface area (Å²) in [7, 11) is 0. The molecule has 86 valence electrons. The van der Waals surface area contributed by atoms with Gasteiger partial charge in [-0.2, -0.15) is 0 Å². The Hall–Kier alpha value is -0.0400. The van der Waals surface area contributed by atoms with Gasteiger partial charge in [0.15, 0.2) is 0 Å². The summed E-state index contributed by atoms with van der Waals surface area (Å²) in [6, 6.07) is 0. The normalized spacial score (nSPS) is 16.7. The van der Waals surface area contributed by atoms with Gasteiger partial charge in [0.25, 0.3) is 0 Å². The van der Waals surface area contributed by atoms with Gasteiger partial charge in [-0.3, -0.25) is 0 Å². The molecule has 0 aliphatic carbocycles. The van der Waals surface area contributed by atoms with Crippen LogP contribution in [0.15, 0.2) is 0 Å². The molecule has 0 saturated heterocycles. The quantitative estimate of drug-likeness (QED) is 0.688. The number of rotatable bonds is 6. The van der Waals surface area contributed by atoms with Crippen molar-refractivity contribution in [2.75, 3.05) is 13.1 Å². The van der Waals surface area contributed by atoms with Gasteiger partial charge >= 0.3 is 0 Å². The van der Waals surface area contributed by atoms with Gasteiger partial charge in [-0.25, -0.2) is 0 Å². The minimum absolute atomic E-state index is 0.427. The van der Waals surface area contributed by atoms with Crippen molar-refractivity contribution in [1.29, 1.82) is 0 Å². The van der Waals surface area contributed by atoms with E-state index in [0.29, 0.717) is 5.41 Å². The highest BCUT2D eigenvalue weighted by Crippen LogP contribution is 2.33. The van der Waals surface area contributed by atoms with Gasteiger partial charge in [-0.15, -0.1) is 0 Å². The maximum atomic E-state index is 3.49. The summed E-state index contributed by atoms with van der Waals surface area (Å²) in [6.45, 7) is 16.2. The highest BCUT2D eigenvalue weighted by Gasteiger charge is 2.28. The molecule has 2 atom stereocenters. The fourth-order valence-electron chi connectivity index (χ4n) is 2.32. The average molecular weight is 199 g/mol. The van der Waals surface area contributed by atoms with E-state index >= 15 is 0 Å². The lowest BCUT2D eigenvalue weighted by Gasteiger charge is -2.35. The predicted octanol–water partition coefficient (Wildman–Crippen LogP) is 3.69. The van der Waals surface area contributed by atoms with E-state index in [9.17, 15) is 0 Å². The van der Waals surface area contributed by atoms with Crippen molar-refractivity contribution in [3.8, 4) is 0 Å². The van der Waals surface area contributed by atoms with Crippen molar-refractivity contribution >= 4 is 0 Å². The van der Waals surface area contributed by atoms with Gasteiger partial charge in [0.2, 0.25) is 0 Å². The molecular weight excluding hydrogens is 170 g/mol. The molecule has 0 aromatic rings. The molecule has 0 fully saturated rings. The van der Waals surface area contributed by atoms with Crippen molar-refractivity contribution in [3.05, 3.63) is 0 Å². The van der Waals surface area contributed by atoms with E-state index in [1.807, 2.05) is 0 Å². The van der Waals surface area contributed by atoms with Gasteiger partial charge in [0.1, 0.15) is 0 Å². The van der Waals surface area contributed by atoms with E-state index < -0.39 is 0 Å². The van der Waals surface area contributed by atoms with Crippen LogP contribution in [0.1, 0.15) is 54.4 Å². The molecule has 2 unspecified atom stereocenters. The molecule has 0 aliphatic rings. The van der Waals surface area contributed by atoms with E-state index in [2.05, 4.69) is 46.9 Å². The molecule has 0 aromatic heterocycles. The molecule has 14 heavy (non-hydrogen) atoms. The number of hydrogen-bond donors (Lipinski definition) is 1. The topological polar surface area (TPSA) is 12.0 Å². The maximum Gasteiger partial charge on any atom is -0.00131 e. The van der Waals surface area contributed by atoms with Crippen LogP contribution in [0.4, 0.5) is 0 Å². The van der Waals surface area contributed by atoms with Gasteiger partial charge in [-0.1, -0.05) is 54.4 Å². The maximum absolute atomic E-state index is 3.49. The first-order chi connectivity index (χ1) is 6.43. The minimum atomic E-state index is 0.427. The molecule has 0 saturated carbocycles. The van der Waals surface area contributed by atoms with Crippen LogP contribution in [0.25, 0.3) is 0 Å². The summed E-state index contributed by atoms with van der Waals surface area (Å²) in [5, 5.41) is 3.49. The number of hydrogen-bond acceptors (Lipinski definition) is 1. The summed E-state index contributed by atoms with van der Waals surface area (Å²) >= 11 is 0. The van der Waals surface area contributed by atoms with Crippen LogP contribution in [-0.4, -0.2) is 13.1 Å². The smallest absolute Gasteiger partial charge is 0.00131 e. The fourth-order valence-corrected chi connectivity index (χ4v) is 2.32. The summed E-state index contributed by atoms with van der Waals surface area (Å²) in [5.41, 5.74) is 0.427. The SMILES string of the molecule is CCCC(C)C(CNCC)C(C)(C)C. The fraction of sp³-hybridized carbons (Fsp3) is 1.00. The van der Waals surface area contributed by atoms with E-state index in [0.717, 1.165) is 18.4 Å². The van der Waals surface area contributed by atoms with Gasteiger partial charge in [-0.05, 0) is 30.3 Å². The largest absolute Gasteiger partial charge is 0.317 e. The second kappa shape index (κ2) is 6.44. The predicted molar refractivity (Wildman–Crippen MR) is 65.6 cm³/mol. The Morgan fingerprint density at radius 3 is 2.07 bits per heavy atom. The molecule has 0 aliphatic heterocycles. The summed E-state index contributed by atoms with van der Waals surface area (Å²) in [5.74, 6) is 1.63. The lowest BCUT2D eigenvalue weighted by Crippen LogP contribution is -2.36. The Labute approximate surface area is 90.7 Å². The summed E-state index contributed by atoms with van der Waals surface area (Å²) in [6.07, 6.45) is 2.66. The molecule has 0 spiro atoms. The molecule has 1 heteroatoms. The molecule has 0 rings (SSSR count). The first-order valence-corrected chi connectivity index (χ1v) is 6.14. The molecule has 0 heterocycles. The van der Waals surface area contributed by atoms with Gasteiger partial charge < -0.3 is 5.32 Å². The average Bonchev–Trinajstić information content (AvgIpc) is 2.03. The van der Waals surface area contributed by atoms with E-state index in [1.165, 1.54) is 19.4 Å². The second-order valence-corrected chi connectivity index (χ2v) is 5.55. The molecule has 1 N–H and O–H groups in total. The Kier molecular flexibility index (Phi) is 6.43. The molecular formula is C13H29N. The second-order valence-electron chi connectivity index (χ2n) is 5.55. The van der Waals surface area contributed by atoms with Gasteiger partial charge in [0, 0.05) is 0 Å². The van der Waals surface area contributed by atoms with Crippen LogP contribution < -0.4 is 5.32 Å². The van der Waals surface area contributed by atoms with Crippen LogP contribution >= 0.6 is 0 Å². The Morgan fingerprint density at radius 2 is 1.71 bits per heavy atom. The standard InChI is InChI=1S/C13H29N/c1-7-9-11(3)12(10-14-8-2)13(4,5)6/h11-12,14H,7-10H2,1-6H3. The zero-order valence-corrected chi connectivity index (χ0v) is 11.0. The zero-order chi connectivity index (χ0) is 11.2. The lowest BCUT2D eigenvalue weighted by atomic mass is 9.72. The molecule has 0 amide bonds. The van der Waals surface area contributed by atoms with Crippen molar-refractivity contribution in [2.24, 2.45) is 17.3 Å². The number of nitrogens with one attached hydrogen (secondary N) is 1. The van der Waals surface area contributed by atoms with E-state index in [4.69, 9.17) is 0 Å². The lowest BCUT2D eigenvalue weighted by molar-refractivity contribution is 0.157. The van der Waals surface area contributed by atoms with Crippen molar-refractivity contribution in [3.63, 3.8) is 0 Å². The highest BCUT2D eigenvalue weighted by atomic mass is 14.9. The third-order valence-electron chi connectivity index (χ3n) is 3.16. The Morgan fingerprint density at radius 1 is 1.14 bits per heavy atom. The summed E-state index contributed by atoms with van der Waals surface area (Å²) < 4.78 is 0. The van der Waals surface area contributed by atoms with E-state index in [-0.39, 0.29) is 0 Å². The molecule has 0 aromatic carbocycles. The van der Waals surface area contributed by atoms with Crippen LogP contribution in [-0.2, 0) is 0 Å². The van der Waals surface area contributed by atoms with Crippen LogP contribution in [0.3, 0.4) is 0 Å². The van der Waals surface area contributed by atoms with Crippen LogP contribution in [0.2, 0.25) is 0 Å². The Balaban J connectivity index is 4.23. The van der Waals surface area contributed by atoms with Crippen molar-refractivity contribution in [2.45, 2.75) is 54.4 Å². The minimum Gasteiger partial charge on any atom is -0.317 e. The third-order valence-corrected chi connectivity index (χ3v) is 3.16. The van der Waals surface area contributed by atoms with Crippen LogP contribution in [0.5, 0.6) is 0 Å². The highest BCUT2D eigenvalue weighted by molar-refractivity contribution is 4.80. The Bertz CT molecular complexity index is 135. The zero-order valence-electron chi connectivity index (χ0n) is 11.0. The van der Waals surface area contributed by atoms with Crippen molar-refractivity contribution in [1.82, 2.24) is 5.32 Å². The monoisotopic (exact) mass is 199 g/mol. The van der Waals surface area contributed by atoms with Gasteiger partial charge in [0.05, 0.1) is 0 Å². The third kappa shape index (κ3) is 4.99.